The molecule has 0 saturated carbocycles. The Bertz CT molecular complexity index is 1190. The molecular weight excluding hydrogens is 537 g/mol. The Hall–Kier alpha value is -3.13. The number of methoxy groups -OCH3 is 1. The molecule has 0 bridgehead atoms. The van der Waals surface area contributed by atoms with Crippen LogP contribution in [-0.4, -0.2) is 61.3 Å². The first-order chi connectivity index (χ1) is 17.8. The number of anilines is 1. The highest BCUT2D eigenvalue weighted by Crippen LogP contribution is 2.31. The molecule has 4 rings (SSSR count). The van der Waals surface area contributed by atoms with Crippen LogP contribution in [0.5, 0.6) is 23.0 Å². The van der Waals surface area contributed by atoms with Gasteiger partial charge in [0.2, 0.25) is 0 Å². The molecule has 3 aromatic rings. The zero-order valence-electron chi connectivity index (χ0n) is 22.9. The van der Waals surface area contributed by atoms with Crippen LogP contribution in [0.4, 0.5) is 5.69 Å². The van der Waals surface area contributed by atoms with Crippen LogP contribution in [0.1, 0.15) is 31.1 Å². The summed E-state index contributed by atoms with van der Waals surface area (Å²) in [5.41, 5.74) is 1.64. The van der Waals surface area contributed by atoms with E-state index in [4.69, 9.17) is 9.47 Å². The average molecular weight is 577 g/mol. The minimum absolute atomic E-state index is 0. The first-order valence-electron chi connectivity index (χ1n) is 12.8. The molecule has 9 heteroatoms. The lowest BCUT2D eigenvalue weighted by atomic mass is 10.0. The number of benzene rings is 3. The van der Waals surface area contributed by atoms with Crippen molar-refractivity contribution in [1.29, 1.82) is 0 Å². The van der Waals surface area contributed by atoms with Crippen molar-refractivity contribution in [1.82, 2.24) is 10.2 Å². The number of carbonyl (C=O) groups excluding carboxylic acids is 1. The fraction of sp³-hybridized carbons (Fsp3) is 0.367. The van der Waals surface area contributed by atoms with Gasteiger partial charge in [0.15, 0.2) is 11.5 Å². The highest BCUT2D eigenvalue weighted by molar-refractivity contribution is 5.94. The quantitative estimate of drug-likeness (QED) is 0.326. The summed E-state index contributed by atoms with van der Waals surface area (Å²) in [6, 6.07) is 22.4. The fourth-order valence-corrected chi connectivity index (χ4v) is 4.71. The summed E-state index contributed by atoms with van der Waals surface area (Å²) in [4.78, 5) is 17.8. The molecule has 1 unspecified atom stereocenters. The van der Waals surface area contributed by atoms with Crippen LogP contribution in [-0.2, 0) is 0 Å². The van der Waals surface area contributed by atoms with Crippen molar-refractivity contribution in [2.24, 2.45) is 5.92 Å². The van der Waals surface area contributed by atoms with Gasteiger partial charge >= 0.3 is 0 Å². The number of aromatic hydroxyl groups is 1. The molecule has 2 atom stereocenters. The number of hydrogen-bond acceptors (Lipinski definition) is 6. The number of amides is 1. The lowest BCUT2D eigenvalue weighted by Gasteiger charge is -2.42. The normalized spacial score (nSPS) is 16.0. The maximum atomic E-state index is 13.1. The molecule has 0 radical (unpaired) electrons. The SMILES string of the molecule is COc1ccccc1Oc1ccc(C(=O)NC(CN2CCN(c3cccc(O)c3)[C@@H](C)C2)C(C)C)cc1.Cl.Cl. The summed E-state index contributed by atoms with van der Waals surface area (Å²) in [7, 11) is 1.61. The van der Waals surface area contributed by atoms with Gasteiger partial charge in [-0.25, -0.2) is 0 Å². The van der Waals surface area contributed by atoms with Crippen molar-refractivity contribution in [3.63, 3.8) is 0 Å². The average Bonchev–Trinajstić information content (AvgIpc) is 2.89. The molecule has 1 amide bonds. The smallest absolute Gasteiger partial charge is 0.251 e. The summed E-state index contributed by atoms with van der Waals surface area (Å²) in [5, 5.41) is 13.1. The van der Waals surface area contributed by atoms with Crippen LogP contribution in [0.2, 0.25) is 0 Å². The maximum absolute atomic E-state index is 13.1. The van der Waals surface area contributed by atoms with E-state index in [1.165, 1.54) is 0 Å². The molecule has 1 saturated heterocycles. The highest BCUT2D eigenvalue weighted by atomic mass is 35.5. The van der Waals surface area contributed by atoms with Crippen molar-refractivity contribution in [2.75, 3.05) is 38.2 Å². The largest absolute Gasteiger partial charge is 0.508 e. The topological polar surface area (TPSA) is 74.3 Å². The van der Waals surface area contributed by atoms with E-state index in [-0.39, 0.29) is 48.4 Å². The Balaban J connectivity index is 0.00000267. The van der Waals surface area contributed by atoms with Gasteiger partial charge in [0.25, 0.3) is 5.91 Å². The Morgan fingerprint density at radius 3 is 2.31 bits per heavy atom. The van der Waals surface area contributed by atoms with Crippen molar-refractivity contribution in [3.8, 4) is 23.0 Å². The molecule has 1 fully saturated rings. The van der Waals surface area contributed by atoms with Crippen LogP contribution in [0.25, 0.3) is 0 Å². The maximum Gasteiger partial charge on any atom is 0.251 e. The van der Waals surface area contributed by atoms with Gasteiger partial charge in [-0.1, -0.05) is 32.0 Å². The minimum atomic E-state index is -0.0889. The lowest BCUT2D eigenvalue weighted by Crippen LogP contribution is -2.56. The standard InChI is InChI=1S/C30H37N3O4.2ClH/c1-21(2)27(20-32-16-17-33(22(3)19-32)24-8-7-9-25(34)18-24)31-30(35)23-12-14-26(15-13-23)37-29-11-6-5-10-28(29)36-4;;/h5-15,18,21-22,27,34H,16-17,19-20H2,1-4H3,(H,31,35);2*1H/t22-,27?;;/m0../s1. The molecule has 0 aromatic heterocycles. The summed E-state index contributed by atoms with van der Waals surface area (Å²) < 4.78 is 11.3. The third-order valence-electron chi connectivity index (χ3n) is 6.86. The van der Waals surface area contributed by atoms with E-state index in [0.717, 1.165) is 31.9 Å². The predicted octanol–water partition coefficient (Wildman–Crippen LogP) is 6.00. The second-order valence-electron chi connectivity index (χ2n) is 9.92. The van der Waals surface area contributed by atoms with Crippen molar-refractivity contribution >= 4 is 36.4 Å². The second kappa shape index (κ2) is 14.9. The van der Waals surface area contributed by atoms with Gasteiger partial charge in [0.05, 0.1) is 7.11 Å². The van der Waals surface area contributed by atoms with Crippen molar-refractivity contribution < 1.29 is 19.4 Å². The Labute approximate surface area is 243 Å². The number of rotatable bonds is 9. The molecule has 39 heavy (non-hydrogen) atoms. The zero-order valence-corrected chi connectivity index (χ0v) is 24.5. The molecule has 1 heterocycles. The predicted molar refractivity (Wildman–Crippen MR) is 161 cm³/mol. The second-order valence-corrected chi connectivity index (χ2v) is 9.92. The van der Waals surface area contributed by atoms with Crippen molar-refractivity contribution in [2.45, 2.75) is 32.9 Å². The minimum Gasteiger partial charge on any atom is -0.508 e. The number of phenolic OH excluding ortho intramolecular Hbond substituents is 1. The lowest BCUT2D eigenvalue weighted by molar-refractivity contribution is 0.0903. The van der Waals surface area contributed by atoms with Gasteiger partial charge < -0.3 is 24.8 Å². The zero-order chi connectivity index (χ0) is 26.4. The van der Waals surface area contributed by atoms with Crippen LogP contribution >= 0.6 is 24.8 Å². The van der Waals surface area contributed by atoms with Crippen LogP contribution in [0, 0.1) is 5.92 Å². The van der Waals surface area contributed by atoms with E-state index in [1.807, 2.05) is 42.5 Å². The molecule has 1 aliphatic rings. The van der Waals surface area contributed by atoms with Gasteiger partial charge in [-0.05, 0) is 61.4 Å². The fourth-order valence-electron chi connectivity index (χ4n) is 4.71. The van der Waals surface area contributed by atoms with Crippen molar-refractivity contribution in [3.05, 3.63) is 78.4 Å². The third kappa shape index (κ3) is 8.43. The van der Waals surface area contributed by atoms with Crippen LogP contribution in [0.3, 0.4) is 0 Å². The van der Waals surface area contributed by atoms with Gasteiger partial charge in [-0.3, -0.25) is 9.69 Å². The molecule has 0 aliphatic carbocycles. The number of para-hydroxylation sites is 2. The molecule has 3 aromatic carbocycles. The first kappa shape index (κ1) is 32.1. The Kier molecular flexibility index (Phi) is 12.2. The summed E-state index contributed by atoms with van der Waals surface area (Å²) in [5.74, 6) is 2.40. The number of piperazine rings is 1. The van der Waals surface area contributed by atoms with Gasteiger partial charge in [0.1, 0.15) is 11.5 Å². The van der Waals surface area contributed by atoms with E-state index in [0.29, 0.717) is 28.9 Å². The monoisotopic (exact) mass is 575 g/mol. The molecule has 0 spiro atoms. The Morgan fingerprint density at radius 2 is 1.69 bits per heavy atom. The number of nitrogens with one attached hydrogen (secondary N) is 1. The van der Waals surface area contributed by atoms with E-state index >= 15 is 0 Å². The molecule has 1 aliphatic heterocycles. The molecule has 7 nitrogen and oxygen atoms in total. The van der Waals surface area contributed by atoms with Crippen LogP contribution < -0.4 is 19.7 Å². The van der Waals surface area contributed by atoms with Gasteiger partial charge in [0, 0.05) is 55.6 Å². The third-order valence-corrected chi connectivity index (χ3v) is 6.86. The molecular formula is C30H39Cl2N3O4. The summed E-state index contributed by atoms with van der Waals surface area (Å²) >= 11 is 0. The van der Waals surface area contributed by atoms with E-state index in [2.05, 4.69) is 35.9 Å². The number of hydrogen-bond donors (Lipinski definition) is 2. The summed E-state index contributed by atoms with van der Waals surface area (Å²) in [6.45, 7) is 9.93. The number of nitrogens with zero attached hydrogens (tertiary/aromatic N) is 2. The van der Waals surface area contributed by atoms with E-state index < -0.39 is 0 Å². The molecule has 212 valence electrons. The molecule has 2 N–H and O–H groups in total. The number of ether oxygens (including phenoxy) is 2. The number of halogens is 2. The van der Waals surface area contributed by atoms with Gasteiger partial charge in [-0.15, -0.1) is 24.8 Å². The van der Waals surface area contributed by atoms with Gasteiger partial charge in [-0.2, -0.15) is 0 Å². The first-order valence-corrected chi connectivity index (χ1v) is 12.8. The summed E-state index contributed by atoms with van der Waals surface area (Å²) in [6.07, 6.45) is 0. The Morgan fingerprint density at radius 1 is 1.00 bits per heavy atom. The van der Waals surface area contributed by atoms with Crippen LogP contribution in [0.15, 0.2) is 72.8 Å². The number of phenols is 1. The highest BCUT2D eigenvalue weighted by Gasteiger charge is 2.27. The number of carbonyl (C=O) groups is 1. The van der Waals surface area contributed by atoms with E-state index in [9.17, 15) is 9.90 Å². The van der Waals surface area contributed by atoms with E-state index in [1.54, 1.807) is 37.4 Å².